The van der Waals surface area contributed by atoms with Gasteiger partial charge >= 0.3 is 5.97 Å². The van der Waals surface area contributed by atoms with Gasteiger partial charge < -0.3 is 13.7 Å². The molecular weight excluding hydrogens is 252 g/mol. The number of benzene rings is 1. The quantitative estimate of drug-likeness (QED) is 0.413. The third-order valence-corrected chi connectivity index (χ3v) is 2.76. The number of esters is 1. The Labute approximate surface area is 112 Å². The maximum atomic E-state index is 10.9. The van der Waals surface area contributed by atoms with Crippen molar-refractivity contribution in [1.82, 2.24) is 0 Å². The second-order valence-corrected chi connectivity index (χ2v) is 4.45. The zero-order valence-electron chi connectivity index (χ0n) is 10.7. The van der Waals surface area contributed by atoms with Crippen LogP contribution in [0.5, 0.6) is 0 Å². The SMILES string of the molecule is CCOC(=O)COCCOSc1ccc(C)cc1. The molecule has 5 heteroatoms. The number of carbonyl (C=O) groups excluding carboxylic acids is 1. The third-order valence-electron chi connectivity index (χ3n) is 2.01. The van der Waals surface area contributed by atoms with Crippen molar-refractivity contribution in [3.8, 4) is 0 Å². The number of rotatable bonds is 8. The highest BCUT2D eigenvalue weighted by Crippen LogP contribution is 2.18. The molecule has 0 aliphatic carbocycles. The van der Waals surface area contributed by atoms with Crippen molar-refractivity contribution in [2.45, 2.75) is 18.7 Å². The van der Waals surface area contributed by atoms with Gasteiger partial charge in [-0.2, -0.15) is 0 Å². The van der Waals surface area contributed by atoms with E-state index in [0.717, 1.165) is 4.90 Å². The van der Waals surface area contributed by atoms with Crippen molar-refractivity contribution >= 4 is 18.0 Å². The minimum absolute atomic E-state index is 0.0214. The van der Waals surface area contributed by atoms with Gasteiger partial charge in [-0.3, -0.25) is 0 Å². The first-order chi connectivity index (χ1) is 8.72. The van der Waals surface area contributed by atoms with Crippen LogP contribution in [0.1, 0.15) is 12.5 Å². The molecular formula is C13H18O4S. The summed E-state index contributed by atoms with van der Waals surface area (Å²) in [7, 11) is 0. The van der Waals surface area contributed by atoms with Gasteiger partial charge in [0.1, 0.15) is 6.61 Å². The molecule has 0 N–H and O–H groups in total. The normalized spacial score (nSPS) is 10.3. The number of aryl methyl sites for hydroxylation is 1. The summed E-state index contributed by atoms with van der Waals surface area (Å²) in [4.78, 5) is 12.0. The Morgan fingerprint density at radius 2 is 1.94 bits per heavy atom. The Bertz CT molecular complexity index is 351. The van der Waals surface area contributed by atoms with E-state index in [1.165, 1.54) is 17.6 Å². The van der Waals surface area contributed by atoms with Crippen LogP contribution in [0.2, 0.25) is 0 Å². The summed E-state index contributed by atoms with van der Waals surface area (Å²) in [6.45, 7) is 4.96. The molecule has 0 aliphatic heterocycles. The van der Waals surface area contributed by atoms with Gasteiger partial charge in [0.05, 0.1) is 19.8 Å². The molecule has 0 amide bonds. The first kappa shape index (κ1) is 15.0. The monoisotopic (exact) mass is 270 g/mol. The van der Waals surface area contributed by atoms with E-state index in [0.29, 0.717) is 19.8 Å². The zero-order valence-corrected chi connectivity index (χ0v) is 11.5. The fourth-order valence-electron chi connectivity index (χ4n) is 1.15. The zero-order chi connectivity index (χ0) is 13.2. The first-order valence-electron chi connectivity index (χ1n) is 5.82. The van der Waals surface area contributed by atoms with Crippen molar-refractivity contribution in [1.29, 1.82) is 0 Å². The second-order valence-electron chi connectivity index (χ2n) is 3.58. The van der Waals surface area contributed by atoms with Crippen molar-refractivity contribution in [3.05, 3.63) is 29.8 Å². The van der Waals surface area contributed by atoms with E-state index < -0.39 is 0 Å². The second kappa shape index (κ2) is 8.97. The first-order valence-corrected chi connectivity index (χ1v) is 6.56. The smallest absolute Gasteiger partial charge is 0.332 e. The van der Waals surface area contributed by atoms with Crippen LogP contribution in [0.4, 0.5) is 0 Å². The van der Waals surface area contributed by atoms with Gasteiger partial charge in [-0.05, 0) is 26.0 Å². The lowest BCUT2D eigenvalue weighted by molar-refractivity contribution is -0.148. The highest BCUT2D eigenvalue weighted by Gasteiger charge is 2.01. The lowest BCUT2D eigenvalue weighted by atomic mass is 10.2. The van der Waals surface area contributed by atoms with E-state index in [4.69, 9.17) is 13.7 Å². The molecule has 4 nitrogen and oxygen atoms in total. The van der Waals surface area contributed by atoms with Crippen LogP contribution in [0.3, 0.4) is 0 Å². The van der Waals surface area contributed by atoms with Gasteiger partial charge in [-0.1, -0.05) is 17.7 Å². The molecule has 0 saturated heterocycles. The Hall–Kier alpha value is -1.04. The molecule has 100 valence electrons. The molecule has 0 unspecified atom stereocenters. The maximum Gasteiger partial charge on any atom is 0.332 e. The summed E-state index contributed by atoms with van der Waals surface area (Å²) in [5.41, 5.74) is 1.22. The Balaban J connectivity index is 2.02. The summed E-state index contributed by atoms with van der Waals surface area (Å²) in [5, 5.41) is 0. The highest BCUT2D eigenvalue weighted by molar-refractivity contribution is 7.94. The molecule has 1 aromatic rings. The lowest BCUT2D eigenvalue weighted by Crippen LogP contribution is -2.14. The van der Waals surface area contributed by atoms with Crippen molar-refractivity contribution in [2.75, 3.05) is 26.4 Å². The van der Waals surface area contributed by atoms with E-state index in [1.54, 1.807) is 6.92 Å². The molecule has 0 aromatic heterocycles. The molecule has 0 aliphatic rings. The van der Waals surface area contributed by atoms with Crippen molar-refractivity contribution < 1.29 is 18.5 Å². The average Bonchev–Trinajstić information content (AvgIpc) is 2.36. The highest BCUT2D eigenvalue weighted by atomic mass is 32.2. The average molecular weight is 270 g/mol. The molecule has 18 heavy (non-hydrogen) atoms. The predicted octanol–water partition coefficient (Wildman–Crippen LogP) is 2.60. The predicted molar refractivity (Wildman–Crippen MR) is 70.4 cm³/mol. The molecule has 0 radical (unpaired) electrons. The Kier molecular flexibility index (Phi) is 7.48. The number of carbonyl (C=O) groups is 1. The van der Waals surface area contributed by atoms with Gasteiger partial charge in [0, 0.05) is 16.9 Å². The third kappa shape index (κ3) is 6.64. The minimum Gasteiger partial charge on any atom is -0.464 e. The van der Waals surface area contributed by atoms with Gasteiger partial charge in [-0.25, -0.2) is 4.79 Å². The van der Waals surface area contributed by atoms with Crippen LogP contribution < -0.4 is 0 Å². The standard InChI is InChI=1S/C13H18O4S/c1-3-16-13(14)10-15-8-9-17-18-12-6-4-11(2)5-7-12/h4-7H,3,8-10H2,1-2H3. The molecule has 0 spiro atoms. The Morgan fingerprint density at radius 1 is 1.22 bits per heavy atom. The lowest BCUT2D eigenvalue weighted by Gasteiger charge is -2.05. The van der Waals surface area contributed by atoms with E-state index >= 15 is 0 Å². The van der Waals surface area contributed by atoms with E-state index in [2.05, 4.69) is 0 Å². The van der Waals surface area contributed by atoms with Gasteiger partial charge in [0.2, 0.25) is 0 Å². The van der Waals surface area contributed by atoms with Crippen LogP contribution in [0, 0.1) is 6.92 Å². The molecule has 0 atom stereocenters. The Morgan fingerprint density at radius 3 is 2.61 bits per heavy atom. The number of hydrogen-bond donors (Lipinski definition) is 0. The van der Waals surface area contributed by atoms with Crippen LogP contribution in [-0.4, -0.2) is 32.4 Å². The molecule has 1 rings (SSSR count). The van der Waals surface area contributed by atoms with E-state index in [-0.39, 0.29) is 12.6 Å². The fourth-order valence-corrected chi connectivity index (χ4v) is 1.69. The van der Waals surface area contributed by atoms with E-state index in [9.17, 15) is 4.79 Å². The van der Waals surface area contributed by atoms with Crippen LogP contribution in [0.15, 0.2) is 29.2 Å². The van der Waals surface area contributed by atoms with Gasteiger partial charge in [0.15, 0.2) is 0 Å². The van der Waals surface area contributed by atoms with E-state index in [1.807, 2.05) is 31.2 Å². The van der Waals surface area contributed by atoms with Crippen molar-refractivity contribution in [3.63, 3.8) is 0 Å². The van der Waals surface area contributed by atoms with Crippen LogP contribution in [-0.2, 0) is 18.5 Å². The van der Waals surface area contributed by atoms with Gasteiger partial charge in [0.25, 0.3) is 0 Å². The molecule has 0 heterocycles. The summed E-state index contributed by atoms with van der Waals surface area (Å²) < 4.78 is 15.2. The maximum absolute atomic E-state index is 10.9. The fraction of sp³-hybridized carbons (Fsp3) is 0.462. The summed E-state index contributed by atoms with van der Waals surface area (Å²) in [6.07, 6.45) is 0. The number of ether oxygens (including phenoxy) is 2. The molecule has 0 fully saturated rings. The topological polar surface area (TPSA) is 44.8 Å². The summed E-state index contributed by atoms with van der Waals surface area (Å²) in [5.74, 6) is -0.344. The molecule has 0 bridgehead atoms. The number of hydrogen-bond acceptors (Lipinski definition) is 5. The summed E-state index contributed by atoms with van der Waals surface area (Å²) >= 11 is 1.30. The van der Waals surface area contributed by atoms with Crippen LogP contribution in [0.25, 0.3) is 0 Å². The van der Waals surface area contributed by atoms with Gasteiger partial charge in [-0.15, -0.1) is 0 Å². The molecule has 0 saturated carbocycles. The van der Waals surface area contributed by atoms with Crippen molar-refractivity contribution in [2.24, 2.45) is 0 Å². The largest absolute Gasteiger partial charge is 0.464 e. The van der Waals surface area contributed by atoms with Crippen LogP contribution >= 0.6 is 12.0 Å². The minimum atomic E-state index is -0.344. The molecule has 1 aromatic carbocycles. The summed E-state index contributed by atoms with van der Waals surface area (Å²) in [6, 6.07) is 8.06.